The molecule has 1 saturated heterocycles. The molecule has 1 aliphatic heterocycles. The number of anilines is 1. The Kier molecular flexibility index (Phi) is 7.53. The van der Waals surface area contributed by atoms with Crippen LogP contribution in [0.1, 0.15) is 24.0 Å². The summed E-state index contributed by atoms with van der Waals surface area (Å²) in [4.78, 5) is 14.9. The number of hydrogen-bond acceptors (Lipinski definition) is 4. The molecule has 8 heteroatoms. The van der Waals surface area contributed by atoms with Gasteiger partial charge in [-0.2, -0.15) is 0 Å². The number of rotatable bonds is 8. The number of nitrogens with zero attached hydrogens (tertiary/aromatic N) is 2. The summed E-state index contributed by atoms with van der Waals surface area (Å²) in [6.45, 7) is 3.34. The standard InChI is InChI=1S/C21H26IN3O3S/c1-29(27,28)25(20-9-7-19(22)8-10-20)16-21(26)23-14-17-5-4-6-18(13-17)15-24-11-2-3-12-24/h4-10,13H,2-3,11-12,14-16H2,1H3,(H,23,26). The molecule has 29 heavy (non-hydrogen) atoms. The van der Waals surface area contributed by atoms with Gasteiger partial charge < -0.3 is 5.32 Å². The lowest BCUT2D eigenvalue weighted by Gasteiger charge is -2.22. The molecule has 0 aromatic heterocycles. The van der Waals surface area contributed by atoms with Gasteiger partial charge in [-0.3, -0.25) is 14.0 Å². The number of sulfonamides is 1. The minimum absolute atomic E-state index is 0.243. The first kappa shape index (κ1) is 22.0. The van der Waals surface area contributed by atoms with E-state index < -0.39 is 10.0 Å². The number of nitrogens with one attached hydrogen (secondary N) is 1. The molecule has 6 nitrogen and oxygen atoms in total. The second-order valence-corrected chi connectivity index (χ2v) is 10.5. The van der Waals surface area contributed by atoms with Crippen LogP contribution in [0.3, 0.4) is 0 Å². The molecule has 3 rings (SSSR count). The Bertz CT molecular complexity index is 942. The second kappa shape index (κ2) is 9.90. The Morgan fingerprint density at radius 1 is 1.10 bits per heavy atom. The fourth-order valence-electron chi connectivity index (χ4n) is 3.43. The molecule has 0 unspecified atom stereocenters. The van der Waals surface area contributed by atoms with Crippen molar-refractivity contribution in [3.63, 3.8) is 0 Å². The van der Waals surface area contributed by atoms with Crippen LogP contribution in [0.5, 0.6) is 0 Å². The highest BCUT2D eigenvalue weighted by Crippen LogP contribution is 2.19. The van der Waals surface area contributed by atoms with E-state index in [0.717, 1.165) is 39.3 Å². The monoisotopic (exact) mass is 527 g/mol. The number of amides is 1. The average molecular weight is 527 g/mol. The molecule has 156 valence electrons. The summed E-state index contributed by atoms with van der Waals surface area (Å²) < 4.78 is 26.5. The molecule has 0 saturated carbocycles. The highest BCUT2D eigenvalue weighted by Gasteiger charge is 2.20. The van der Waals surface area contributed by atoms with Crippen LogP contribution in [0.25, 0.3) is 0 Å². The largest absolute Gasteiger partial charge is 0.350 e. The first-order valence-electron chi connectivity index (χ1n) is 9.61. The number of carbonyl (C=O) groups excluding carboxylic acids is 1. The fourth-order valence-corrected chi connectivity index (χ4v) is 4.65. The van der Waals surface area contributed by atoms with Gasteiger partial charge >= 0.3 is 0 Å². The van der Waals surface area contributed by atoms with Gasteiger partial charge in [0.1, 0.15) is 6.54 Å². The van der Waals surface area contributed by atoms with Gasteiger partial charge in [0, 0.05) is 16.7 Å². The van der Waals surface area contributed by atoms with Crippen molar-refractivity contribution in [3.8, 4) is 0 Å². The molecule has 0 radical (unpaired) electrons. The number of benzene rings is 2. The van der Waals surface area contributed by atoms with Crippen LogP contribution >= 0.6 is 22.6 Å². The normalized spacial score (nSPS) is 14.7. The van der Waals surface area contributed by atoms with E-state index in [1.165, 1.54) is 18.4 Å². The van der Waals surface area contributed by atoms with Crippen LogP contribution in [-0.2, 0) is 27.9 Å². The van der Waals surface area contributed by atoms with Crippen molar-refractivity contribution < 1.29 is 13.2 Å². The Hall–Kier alpha value is -1.65. The van der Waals surface area contributed by atoms with E-state index in [1.54, 1.807) is 12.1 Å². The molecule has 0 spiro atoms. The van der Waals surface area contributed by atoms with Crippen molar-refractivity contribution in [1.82, 2.24) is 10.2 Å². The summed E-state index contributed by atoms with van der Waals surface area (Å²) in [6, 6.07) is 15.2. The quantitative estimate of drug-likeness (QED) is 0.537. The van der Waals surface area contributed by atoms with Gasteiger partial charge in [0.05, 0.1) is 11.9 Å². The molecule has 1 amide bonds. The Balaban J connectivity index is 1.60. The lowest BCUT2D eigenvalue weighted by atomic mass is 10.1. The smallest absolute Gasteiger partial charge is 0.241 e. The fraction of sp³-hybridized carbons (Fsp3) is 0.381. The van der Waals surface area contributed by atoms with Gasteiger partial charge in [-0.15, -0.1) is 0 Å². The summed E-state index contributed by atoms with van der Waals surface area (Å²) in [5.41, 5.74) is 2.72. The zero-order valence-corrected chi connectivity index (χ0v) is 19.4. The van der Waals surface area contributed by atoms with Crippen LogP contribution in [-0.4, -0.2) is 45.1 Å². The molecule has 2 aromatic carbocycles. The minimum Gasteiger partial charge on any atom is -0.350 e. The molecule has 0 atom stereocenters. The van der Waals surface area contributed by atoms with Crippen molar-refractivity contribution in [3.05, 3.63) is 63.2 Å². The topological polar surface area (TPSA) is 69.7 Å². The molecule has 1 aliphatic rings. The van der Waals surface area contributed by atoms with Gasteiger partial charge in [0.15, 0.2) is 0 Å². The highest BCUT2D eigenvalue weighted by molar-refractivity contribution is 14.1. The summed E-state index contributed by atoms with van der Waals surface area (Å²) in [5, 5.41) is 2.84. The van der Waals surface area contributed by atoms with E-state index in [-0.39, 0.29) is 12.5 Å². The van der Waals surface area contributed by atoms with E-state index in [2.05, 4.69) is 44.9 Å². The molecule has 1 N–H and O–H groups in total. The summed E-state index contributed by atoms with van der Waals surface area (Å²) in [5.74, 6) is -0.334. The van der Waals surface area contributed by atoms with Crippen LogP contribution in [0.2, 0.25) is 0 Å². The zero-order chi connectivity index (χ0) is 20.9. The van der Waals surface area contributed by atoms with Gasteiger partial charge in [-0.25, -0.2) is 8.42 Å². The lowest BCUT2D eigenvalue weighted by Crippen LogP contribution is -2.40. The number of likely N-dealkylation sites (tertiary alicyclic amines) is 1. The average Bonchev–Trinajstić information content (AvgIpc) is 3.18. The molecular weight excluding hydrogens is 501 g/mol. The van der Waals surface area contributed by atoms with E-state index in [4.69, 9.17) is 0 Å². The number of carbonyl (C=O) groups is 1. The number of hydrogen-bond donors (Lipinski definition) is 1. The van der Waals surface area contributed by atoms with Crippen molar-refractivity contribution in [2.45, 2.75) is 25.9 Å². The van der Waals surface area contributed by atoms with Gasteiger partial charge in [-0.1, -0.05) is 24.3 Å². The van der Waals surface area contributed by atoms with Crippen molar-refractivity contribution >= 4 is 44.2 Å². The molecule has 2 aromatic rings. The molecule has 1 fully saturated rings. The predicted molar refractivity (Wildman–Crippen MR) is 124 cm³/mol. The maximum atomic E-state index is 12.5. The Morgan fingerprint density at radius 3 is 2.41 bits per heavy atom. The maximum Gasteiger partial charge on any atom is 0.241 e. The van der Waals surface area contributed by atoms with Crippen LogP contribution < -0.4 is 9.62 Å². The summed E-state index contributed by atoms with van der Waals surface area (Å²) >= 11 is 2.15. The van der Waals surface area contributed by atoms with E-state index in [1.807, 2.05) is 24.3 Å². The summed E-state index contributed by atoms with van der Waals surface area (Å²) in [6.07, 6.45) is 3.63. The maximum absolute atomic E-state index is 12.5. The van der Waals surface area contributed by atoms with Crippen LogP contribution in [0.4, 0.5) is 5.69 Å². The Morgan fingerprint density at radius 2 is 1.76 bits per heavy atom. The van der Waals surface area contributed by atoms with Gasteiger partial charge in [0.25, 0.3) is 0 Å². The third-order valence-electron chi connectivity index (χ3n) is 4.89. The second-order valence-electron chi connectivity index (χ2n) is 7.33. The van der Waals surface area contributed by atoms with E-state index >= 15 is 0 Å². The van der Waals surface area contributed by atoms with Crippen molar-refractivity contribution in [2.75, 3.05) is 30.2 Å². The van der Waals surface area contributed by atoms with E-state index in [0.29, 0.717) is 12.2 Å². The summed E-state index contributed by atoms with van der Waals surface area (Å²) in [7, 11) is -3.56. The predicted octanol–water partition coefficient (Wildman–Crippen LogP) is 2.97. The first-order chi connectivity index (χ1) is 13.8. The number of halogens is 1. The van der Waals surface area contributed by atoms with Gasteiger partial charge in [-0.05, 0) is 83.9 Å². The lowest BCUT2D eigenvalue weighted by molar-refractivity contribution is -0.119. The van der Waals surface area contributed by atoms with E-state index in [9.17, 15) is 13.2 Å². The molecule has 1 heterocycles. The van der Waals surface area contributed by atoms with Crippen LogP contribution in [0.15, 0.2) is 48.5 Å². The molecule has 0 bridgehead atoms. The Labute approximate surface area is 186 Å². The third-order valence-corrected chi connectivity index (χ3v) is 6.75. The van der Waals surface area contributed by atoms with Crippen molar-refractivity contribution in [1.29, 1.82) is 0 Å². The zero-order valence-electron chi connectivity index (χ0n) is 16.5. The first-order valence-corrected chi connectivity index (χ1v) is 12.5. The molecule has 0 aliphatic carbocycles. The van der Waals surface area contributed by atoms with Crippen LogP contribution in [0, 0.1) is 3.57 Å². The third kappa shape index (κ3) is 6.68. The highest BCUT2D eigenvalue weighted by atomic mass is 127. The minimum atomic E-state index is -3.56. The van der Waals surface area contributed by atoms with Crippen molar-refractivity contribution in [2.24, 2.45) is 0 Å². The SMILES string of the molecule is CS(=O)(=O)N(CC(=O)NCc1cccc(CN2CCCC2)c1)c1ccc(I)cc1. The molecular formula is C21H26IN3O3S. The van der Waals surface area contributed by atoms with Gasteiger partial charge in [0.2, 0.25) is 15.9 Å².